The Bertz CT molecular complexity index is 495. The molecule has 116 valence electrons. The Labute approximate surface area is 131 Å². The number of carbonyl (C=O) groups is 1. The Morgan fingerprint density at radius 2 is 2.33 bits per heavy atom. The van der Waals surface area contributed by atoms with E-state index in [2.05, 4.69) is 27.6 Å². The van der Waals surface area contributed by atoms with E-state index in [9.17, 15) is 4.79 Å². The third-order valence-electron chi connectivity index (χ3n) is 3.69. The smallest absolute Gasteiger partial charge is 0.251 e. The molecule has 0 spiro atoms. The lowest BCUT2D eigenvalue weighted by molar-refractivity contribution is 0.0936. The Balaban J connectivity index is 1.93. The topological polar surface area (TPSA) is 57.3 Å². The van der Waals surface area contributed by atoms with E-state index in [4.69, 9.17) is 11.6 Å². The van der Waals surface area contributed by atoms with Gasteiger partial charge in [-0.05, 0) is 51.4 Å². The van der Waals surface area contributed by atoms with Crippen molar-refractivity contribution in [3.8, 4) is 0 Å². The van der Waals surface area contributed by atoms with Crippen molar-refractivity contribution < 1.29 is 4.79 Å². The summed E-state index contributed by atoms with van der Waals surface area (Å²) in [5.74, 6) is 1.07. The van der Waals surface area contributed by atoms with Crippen LogP contribution in [0.5, 0.6) is 0 Å². The van der Waals surface area contributed by atoms with Crippen LogP contribution >= 0.6 is 11.6 Å². The van der Waals surface area contributed by atoms with Gasteiger partial charge in [0.15, 0.2) is 0 Å². The van der Waals surface area contributed by atoms with E-state index in [1.807, 2.05) is 6.92 Å². The second-order valence-corrected chi connectivity index (χ2v) is 5.96. The average Bonchev–Trinajstić information content (AvgIpc) is 2.44. The van der Waals surface area contributed by atoms with Crippen molar-refractivity contribution in [2.24, 2.45) is 5.92 Å². The number of likely N-dealkylation sites (tertiary alicyclic amines) is 1. The van der Waals surface area contributed by atoms with Gasteiger partial charge in [-0.1, -0.05) is 11.6 Å². The maximum absolute atomic E-state index is 12.2. The number of hydrogen-bond acceptors (Lipinski definition) is 4. The molecule has 1 aromatic rings. The van der Waals surface area contributed by atoms with Gasteiger partial charge >= 0.3 is 0 Å². The number of nitrogens with zero attached hydrogens (tertiary/aromatic N) is 2. The molecule has 1 fully saturated rings. The molecule has 6 heteroatoms. The molecule has 1 amide bonds. The van der Waals surface area contributed by atoms with Crippen LogP contribution in [0.15, 0.2) is 12.1 Å². The van der Waals surface area contributed by atoms with Gasteiger partial charge < -0.3 is 15.5 Å². The molecular weight excluding hydrogens is 288 g/mol. The van der Waals surface area contributed by atoms with Crippen molar-refractivity contribution in [3.63, 3.8) is 0 Å². The van der Waals surface area contributed by atoms with Crippen LogP contribution in [0.25, 0.3) is 0 Å². The molecule has 2 heterocycles. The van der Waals surface area contributed by atoms with Crippen LogP contribution in [0.1, 0.15) is 30.1 Å². The monoisotopic (exact) mass is 310 g/mol. The van der Waals surface area contributed by atoms with Gasteiger partial charge in [-0.3, -0.25) is 4.79 Å². The van der Waals surface area contributed by atoms with Crippen LogP contribution in [-0.2, 0) is 0 Å². The van der Waals surface area contributed by atoms with Crippen LogP contribution in [0.2, 0.25) is 5.15 Å². The minimum Gasteiger partial charge on any atom is -0.370 e. The quantitative estimate of drug-likeness (QED) is 0.819. The SMILES string of the molecule is CCNc1cc(C(=O)NCC2CCCN(C)C2)cc(Cl)n1. The highest BCUT2D eigenvalue weighted by Gasteiger charge is 2.18. The van der Waals surface area contributed by atoms with Crippen molar-refractivity contribution in [2.75, 3.05) is 38.5 Å². The number of halogens is 1. The summed E-state index contributed by atoms with van der Waals surface area (Å²) in [6.07, 6.45) is 2.37. The van der Waals surface area contributed by atoms with E-state index in [-0.39, 0.29) is 5.91 Å². The molecule has 2 rings (SSSR count). The third-order valence-corrected chi connectivity index (χ3v) is 3.88. The number of aromatic nitrogens is 1. The minimum atomic E-state index is -0.0910. The number of amides is 1. The van der Waals surface area contributed by atoms with Gasteiger partial charge in [-0.2, -0.15) is 0 Å². The van der Waals surface area contributed by atoms with E-state index >= 15 is 0 Å². The molecule has 0 radical (unpaired) electrons. The highest BCUT2D eigenvalue weighted by molar-refractivity contribution is 6.29. The molecule has 0 saturated carbocycles. The fourth-order valence-electron chi connectivity index (χ4n) is 2.68. The minimum absolute atomic E-state index is 0.0910. The zero-order valence-corrected chi connectivity index (χ0v) is 13.4. The van der Waals surface area contributed by atoms with E-state index in [0.717, 1.165) is 19.6 Å². The number of hydrogen-bond donors (Lipinski definition) is 2. The lowest BCUT2D eigenvalue weighted by atomic mass is 9.98. The standard InChI is InChI=1S/C15H23ClN4O/c1-3-17-14-8-12(7-13(16)19-14)15(21)18-9-11-5-4-6-20(2)10-11/h7-8,11H,3-6,9-10H2,1-2H3,(H,17,19)(H,18,21). The molecule has 0 aromatic carbocycles. The number of pyridine rings is 1. The van der Waals surface area contributed by atoms with Crippen molar-refractivity contribution in [1.29, 1.82) is 0 Å². The van der Waals surface area contributed by atoms with Gasteiger partial charge in [0.05, 0.1) is 0 Å². The number of anilines is 1. The molecule has 21 heavy (non-hydrogen) atoms. The normalized spacial score (nSPS) is 19.3. The number of nitrogens with one attached hydrogen (secondary N) is 2. The van der Waals surface area contributed by atoms with Crippen LogP contribution < -0.4 is 10.6 Å². The van der Waals surface area contributed by atoms with Gasteiger partial charge in [-0.25, -0.2) is 4.98 Å². The van der Waals surface area contributed by atoms with Gasteiger partial charge in [0.2, 0.25) is 0 Å². The van der Waals surface area contributed by atoms with Gasteiger partial charge in [0.25, 0.3) is 5.91 Å². The van der Waals surface area contributed by atoms with Crippen LogP contribution in [0.4, 0.5) is 5.82 Å². The van der Waals surface area contributed by atoms with E-state index in [1.54, 1.807) is 12.1 Å². The number of piperidine rings is 1. The predicted molar refractivity (Wildman–Crippen MR) is 86.0 cm³/mol. The summed E-state index contributed by atoms with van der Waals surface area (Å²) in [4.78, 5) is 18.7. The first-order valence-corrected chi connectivity index (χ1v) is 7.84. The summed E-state index contributed by atoms with van der Waals surface area (Å²) >= 11 is 5.96. The Kier molecular flexibility index (Phi) is 5.82. The first-order valence-electron chi connectivity index (χ1n) is 7.46. The summed E-state index contributed by atoms with van der Waals surface area (Å²) in [6.45, 7) is 5.61. The van der Waals surface area contributed by atoms with Crippen LogP contribution in [0, 0.1) is 5.92 Å². The van der Waals surface area contributed by atoms with Crippen molar-refractivity contribution in [1.82, 2.24) is 15.2 Å². The molecule has 1 saturated heterocycles. The summed E-state index contributed by atoms with van der Waals surface area (Å²) in [5, 5.41) is 6.41. The molecule has 1 aliphatic rings. The van der Waals surface area contributed by atoms with Crippen LogP contribution in [-0.4, -0.2) is 49.0 Å². The average molecular weight is 311 g/mol. The predicted octanol–water partition coefficient (Wildman–Crippen LogP) is 2.24. The molecule has 2 N–H and O–H groups in total. The first kappa shape index (κ1) is 16.0. The summed E-state index contributed by atoms with van der Waals surface area (Å²) in [5.41, 5.74) is 0.551. The highest BCUT2D eigenvalue weighted by atomic mass is 35.5. The largest absolute Gasteiger partial charge is 0.370 e. The molecule has 5 nitrogen and oxygen atoms in total. The van der Waals surface area contributed by atoms with Crippen LogP contribution in [0.3, 0.4) is 0 Å². The van der Waals surface area contributed by atoms with Gasteiger partial charge in [0, 0.05) is 25.2 Å². The molecular formula is C15H23ClN4O. The highest BCUT2D eigenvalue weighted by Crippen LogP contribution is 2.16. The Morgan fingerprint density at radius 1 is 1.52 bits per heavy atom. The fraction of sp³-hybridized carbons (Fsp3) is 0.600. The fourth-order valence-corrected chi connectivity index (χ4v) is 2.89. The Hall–Kier alpha value is -1.33. The molecule has 0 bridgehead atoms. The molecule has 1 aliphatic heterocycles. The van der Waals surface area contributed by atoms with E-state index in [1.165, 1.54) is 12.8 Å². The van der Waals surface area contributed by atoms with Crippen molar-refractivity contribution in [3.05, 3.63) is 22.8 Å². The zero-order chi connectivity index (χ0) is 15.2. The van der Waals surface area contributed by atoms with Crippen molar-refractivity contribution >= 4 is 23.3 Å². The molecule has 1 unspecified atom stereocenters. The maximum Gasteiger partial charge on any atom is 0.251 e. The lowest BCUT2D eigenvalue weighted by Crippen LogP contribution is -2.39. The zero-order valence-electron chi connectivity index (χ0n) is 12.7. The first-order chi connectivity index (χ1) is 10.1. The molecule has 1 aromatic heterocycles. The van der Waals surface area contributed by atoms with E-state index in [0.29, 0.717) is 29.0 Å². The maximum atomic E-state index is 12.2. The second-order valence-electron chi connectivity index (χ2n) is 5.57. The van der Waals surface area contributed by atoms with Crippen molar-refractivity contribution in [2.45, 2.75) is 19.8 Å². The van der Waals surface area contributed by atoms with Gasteiger partial charge in [-0.15, -0.1) is 0 Å². The second kappa shape index (κ2) is 7.61. The summed E-state index contributed by atoms with van der Waals surface area (Å²) in [7, 11) is 2.12. The van der Waals surface area contributed by atoms with E-state index < -0.39 is 0 Å². The third kappa shape index (κ3) is 4.86. The van der Waals surface area contributed by atoms with Gasteiger partial charge in [0.1, 0.15) is 11.0 Å². The number of rotatable bonds is 5. The lowest BCUT2D eigenvalue weighted by Gasteiger charge is -2.29. The summed E-state index contributed by atoms with van der Waals surface area (Å²) < 4.78 is 0. The summed E-state index contributed by atoms with van der Waals surface area (Å²) in [6, 6.07) is 3.34. The number of carbonyl (C=O) groups excluding carboxylic acids is 1. The molecule has 0 aliphatic carbocycles. The molecule has 1 atom stereocenters. The Morgan fingerprint density at radius 3 is 3.05 bits per heavy atom.